The number of thiazole rings is 1. The Morgan fingerprint density at radius 3 is 2.80 bits per heavy atom. The molecule has 0 spiro atoms. The van der Waals surface area contributed by atoms with Gasteiger partial charge in [-0.2, -0.15) is 10.2 Å². The summed E-state index contributed by atoms with van der Waals surface area (Å²) in [4.78, 5) is 28.6. The zero-order chi connectivity index (χ0) is 21.4. The van der Waals surface area contributed by atoms with Gasteiger partial charge in [0.1, 0.15) is 10.9 Å². The van der Waals surface area contributed by atoms with Crippen LogP contribution in [0, 0.1) is 13.8 Å². The van der Waals surface area contributed by atoms with Gasteiger partial charge in [0.15, 0.2) is 10.9 Å². The second-order valence-electron chi connectivity index (χ2n) is 6.85. The molecule has 4 N–H and O–H groups in total. The van der Waals surface area contributed by atoms with Crippen molar-refractivity contribution in [2.75, 3.05) is 10.6 Å². The van der Waals surface area contributed by atoms with Gasteiger partial charge < -0.3 is 15.7 Å². The maximum Gasteiger partial charge on any atom is 0.328 e. The van der Waals surface area contributed by atoms with Gasteiger partial charge in [0.25, 0.3) is 5.91 Å². The van der Waals surface area contributed by atoms with Gasteiger partial charge in [-0.25, -0.2) is 9.78 Å². The highest BCUT2D eigenvalue weighted by molar-refractivity contribution is 7.17. The number of nitrogens with one attached hydrogen (secondary N) is 3. The van der Waals surface area contributed by atoms with E-state index >= 15 is 0 Å². The van der Waals surface area contributed by atoms with Crippen molar-refractivity contribution in [2.45, 2.75) is 26.8 Å². The van der Waals surface area contributed by atoms with Crippen LogP contribution >= 0.6 is 11.3 Å². The van der Waals surface area contributed by atoms with Gasteiger partial charge >= 0.3 is 5.97 Å². The van der Waals surface area contributed by atoms with E-state index in [1.54, 1.807) is 19.3 Å². The van der Waals surface area contributed by atoms with Gasteiger partial charge in [-0.3, -0.25) is 14.6 Å². The quantitative estimate of drug-likeness (QED) is 0.371. The third-order valence-corrected chi connectivity index (χ3v) is 5.61. The number of anilines is 3. The number of aromatic nitrogens is 5. The number of carboxylic acid groups (broad SMARTS) is 1. The fourth-order valence-corrected chi connectivity index (χ4v) is 3.63. The largest absolute Gasteiger partial charge is 0.480 e. The van der Waals surface area contributed by atoms with E-state index in [1.165, 1.54) is 22.2 Å². The van der Waals surface area contributed by atoms with Crippen molar-refractivity contribution < 1.29 is 14.7 Å². The third kappa shape index (κ3) is 3.62. The maximum atomic E-state index is 12.7. The smallest absolute Gasteiger partial charge is 0.328 e. The summed E-state index contributed by atoms with van der Waals surface area (Å²) in [6.07, 6.45) is 4.81. The Morgan fingerprint density at radius 1 is 1.23 bits per heavy atom. The van der Waals surface area contributed by atoms with Crippen LogP contribution in [-0.4, -0.2) is 41.9 Å². The zero-order valence-corrected chi connectivity index (χ0v) is 17.2. The first-order chi connectivity index (χ1) is 14.3. The molecule has 0 aliphatic heterocycles. The summed E-state index contributed by atoms with van der Waals surface area (Å²) in [7, 11) is 0. The lowest BCUT2D eigenvalue weighted by Gasteiger charge is -2.08. The highest BCUT2D eigenvalue weighted by Crippen LogP contribution is 2.28. The summed E-state index contributed by atoms with van der Waals surface area (Å²) < 4.78 is 1.37. The van der Waals surface area contributed by atoms with Gasteiger partial charge in [0.2, 0.25) is 0 Å². The number of rotatable bonds is 6. The number of fused-ring (bicyclic) bond motifs is 1. The first-order valence-electron chi connectivity index (χ1n) is 9.09. The number of aliphatic carboxylic acids is 1. The number of hydrogen-bond donors (Lipinski definition) is 4. The number of carboxylic acids is 1. The van der Waals surface area contributed by atoms with Crippen molar-refractivity contribution in [1.29, 1.82) is 0 Å². The van der Waals surface area contributed by atoms with Crippen molar-refractivity contribution in [1.82, 2.24) is 25.0 Å². The van der Waals surface area contributed by atoms with Crippen molar-refractivity contribution in [3.63, 3.8) is 0 Å². The third-order valence-electron chi connectivity index (χ3n) is 4.69. The number of benzene rings is 1. The summed E-state index contributed by atoms with van der Waals surface area (Å²) in [5, 5.41) is 27.6. The molecule has 0 saturated heterocycles. The van der Waals surface area contributed by atoms with Crippen LogP contribution in [0.1, 0.15) is 33.8 Å². The number of aryl methyl sites for hydroxylation is 2. The van der Waals surface area contributed by atoms with E-state index in [0.717, 1.165) is 22.0 Å². The second kappa shape index (κ2) is 7.59. The van der Waals surface area contributed by atoms with Gasteiger partial charge in [0, 0.05) is 17.1 Å². The van der Waals surface area contributed by atoms with E-state index in [4.69, 9.17) is 5.11 Å². The van der Waals surface area contributed by atoms with E-state index in [1.807, 2.05) is 26.0 Å². The summed E-state index contributed by atoms with van der Waals surface area (Å²) in [6.45, 7) is 5.28. The maximum absolute atomic E-state index is 12.7. The summed E-state index contributed by atoms with van der Waals surface area (Å²) in [6, 6.07) is 3.03. The monoisotopic (exact) mass is 425 g/mol. The van der Waals surface area contributed by atoms with Crippen molar-refractivity contribution >= 4 is 50.8 Å². The average Bonchev–Trinajstić information content (AvgIpc) is 3.44. The number of hydrogen-bond acceptors (Lipinski definition) is 7. The molecule has 1 aromatic carbocycles. The van der Waals surface area contributed by atoms with Crippen LogP contribution in [0.15, 0.2) is 30.7 Å². The Morgan fingerprint density at radius 2 is 2.03 bits per heavy atom. The predicted octanol–water partition coefficient (Wildman–Crippen LogP) is 3.47. The number of amides is 1. The van der Waals surface area contributed by atoms with Gasteiger partial charge in [-0.15, -0.1) is 0 Å². The molecule has 30 heavy (non-hydrogen) atoms. The topological polar surface area (TPSA) is 138 Å². The van der Waals surface area contributed by atoms with Gasteiger partial charge in [-0.05, 0) is 32.4 Å². The Labute approximate surface area is 174 Å². The van der Waals surface area contributed by atoms with E-state index in [0.29, 0.717) is 21.5 Å². The summed E-state index contributed by atoms with van der Waals surface area (Å²) in [5.74, 6) is -0.761. The van der Waals surface area contributed by atoms with Crippen LogP contribution in [0.5, 0.6) is 0 Å². The minimum atomic E-state index is -0.972. The van der Waals surface area contributed by atoms with Crippen molar-refractivity contribution in [3.8, 4) is 0 Å². The molecule has 3 aromatic heterocycles. The molecule has 3 heterocycles. The van der Waals surface area contributed by atoms with Crippen LogP contribution in [0.25, 0.3) is 10.9 Å². The molecule has 4 rings (SSSR count). The molecule has 4 aromatic rings. The molecule has 0 aliphatic carbocycles. The zero-order valence-electron chi connectivity index (χ0n) is 16.4. The van der Waals surface area contributed by atoms with Crippen LogP contribution < -0.4 is 10.6 Å². The first-order valence-corrected chi connectivity index (χ1v) is 9.90. The molecule has 0 fully saturated rings. The highest BCUT2D eigenvalue weighted by Gasteiger charge is 2.18. The Bertz CT molecular complexity index is 1260. The average molecular weight is 425 g/mol. The molecule has 1 unspecified atom stereocenters. The molecule has 10 nitrogen and oxygen atoms in total. The van der Waals surface area contributed by atoms with Crippen LogP contribution in [-0.2, 0) is 4.79 Å². The Hall–Kier alpha value is -3.73. The molecule has 0 saturated carbocycles. The molecule has 154 valence electrons. The SMILES string of the molecule is Cc1cn(C(C)C(=O)O)nc1Nc1ncc(C(=O)Nc2c(C)ccc3[nH]ncc23)s1. The van der Waals surface area contributed by atoms with E-state index < -0.39 is 12.0 Å². The number of carbonyl (C=O) groups excluding carboxylic acids is 1. The fraction of sp³-hybridized carbons (Fsp3) is 0.211. The Balaban J connectivity index is 1.52. The minimum Gasteiger partial charge on any atom is -0.480 e. The first kappa shape index (κ1) is 19.6. The molecule has 0 bridgehead atoms. The molecular formula is C19H19N7O3S. The number of nitrogens with zero attached hydrogens (tertiary/aromatic N) is 4. The number of H-pyrrole nitrogens is 1. The lowest BCUT2D eigenvalue weighted by Crippen LogP contribution is -2.16. The highest BCUT2D eigenvalue weighted by atomic mass is 32.1. The minimum absolute atomic E-state index is 0.279. The molecule has 0 radical (unpaired) electrons. The lowest BCUT2D eigenvalue weighted by molar-refractivity contribution is -0.140. The lowest BCUT2D eigenvalue weighted by atomic mass is 10.1. The number of carbonyl (C=O) groups is 2. The second-order valence-corrected chi connectivity index (χ2v) is 7.88. The van der Waals surface area contributed by atoms with Crippen molar-refractivity contribution in [2.24, 2.45) is 0 Å². The molecular weight excluding hydrogens is 406 g/mol. The predicted molar refractivity (Wildman–Crippen MR) is 113 cm³/mol. The van der Waals surface area contributed by atoms with E-state index in [2.05, 4.69) is 30.9 Å². The van der Waals surface area contributed by atoms with E-state index in [9.17, 15) is 9.59 Å². The normalized spacial score (nSPS) is 12.1. The Kier molecular flexibility index (Phi) is 4.96. The molecule has 0 aliphatic rings. The molecule has 1 atom stereocenters. The van der Waals surface area contributed by atoms with Gasteiger partial charge in [0.05, 0.1) is 23.6 Å². The van der Waals surface area contributed by atoms with Crippen LogP contribution in [0.3, 0.4) is 0 Å². The van der Waals surface area contributed by atoms with Crippen LogP contribution in [0.2, 0.25) is 0 Å². The van der Waals surface area contributed by atoms with Crippen LogP contribution in [0.4, 0.5) is 16.6 Å². The standard InChI is InChI=1S/C19H19N7O3S/c1-9-4-5-13-12(6-21-24-13)15(9)22-17(27)14-7-20-19(30-14)23-16-10(2)8-26(25-16)11(3)18(28)29/h4-8,11H,1-3H3,(H,21,24)(H,22,27)(H,28,29)(H,20,23,25). The molecule has 1 amide bonds. The fourth-order valence-electron chi connectivity index (χ4n) is 2.92. The van der Waals surface area contributed by atoms with Crippen molar-refractivity contribution in [3.05, 3.63) is 46.7 Å². The van der Waals surface area contributed by atoms with Gasteiger partial charge in [-0.1, -0.05) is 17.4 Å². The number of aromatic amines is 1. The summed E-state index contributed by atoms with van der Waals surface area (Å²) in [5.41, 5.74) is 3.23. The molecule has 11 heteroatoms. The summed E-state index contributed by atoms with van der Waals surface area (Å²) >= 11 is 1.18. The van der Waals surface area contributed by atoms with E-state index in [-0.39, 0.29) is 5.91 Å².